The van der Waals surface area contributed by atoms with E-state index in [1.807, 2.05) is 12.1 Å². The lowest BCUT2D eigenvalue weighted by atomic mass is 9.78. The summed E-state index contributed by atoms with van der Waals surface area (Å²) in [4.78, 5) is 0. The fourth-order valence-electron chi connectivity index (χ4n) is 2.35. The molecule has 0 bridgehead atoms. The van der Waals surface area contributed by atoms with Gasteiger partial charge in [-0.2, -0.15) is 0 Å². The van der Waals surface area contributed by atoms with Crippen LogP contribution in [-0.2, 0) is 5.41 Å². The number of rotatable bonds is 4. The van der Waals surface area contributed by atoms with Crippen molar-refractivity contribution in [1.82, 2.24) is 0 Å². The summed E-state index contributed by atoms with van der Waals surface area (Å²) in [5.41, 5.74) is 2.57. The van der Waals surface area contributed by atoms with Gasteiger partial charge in [0.15, 0.2) is 0 Å². The van der Waals surface area contributed by atoms with E-state index in [2.05, 4.69) is 20.4 Å². The molecule has 1 heteroatoms. The van der Waals surface area contributed by atoms with Gasteiger partial charge in [-0.1, -0.05) is 26.0 Å². The summed E-state index contributed by atoms with van der Waals surface area (Å²) in [5, 5.41) is 0. The molecule has 0 saturated heterocycles. The maximum Gasteiger partial charge on any atom is 0.123 e. The first-order valence-electron chi connectivity index (χ1n) is 5.95. The summed E-state index contributed by atoms with van der Waals surface area (Å²) in [6.45, 7) is 8.21. The van der Waals surface area contributed by atoms with Crippen molar-refractivity contribution in [2.75, 3.05) is 0 Å². The number of hydrogen-bond donors (Lipinski definition) is 0. The number of hydrogen-bond acceptors (Lipinski definition) is 0. The van der Waals surface area contributed by atoms with Gasteiger partial charge < -0.3 is 0 Å². The molecule has 0 aromatic heterocycles. The van der Waals surface area contributed by atoms with Crippen molar-refractivity contribution >= 4 is 0 Å². The Balaban J connectivity index is 2.42. The minimum absolute atomic E-state index is 0.0629. The van der Waals surface area contributed by atoms with Crippen LogP contribution >= 0.6 is 0 Å². The highest BCUT2D eigenvalue weighted by Crippen LogP contribution is 2.45. The normalized spacial score (nSPS) is 16.2. The van der Waals surface area contributed by atoms with Crippen molar-refractivity contribution in [3.05, 3.63) is 47.8 Å². The van der Waals surface area contributed by atoms with Crippen LogP contribution in [0, 0.1) is 5.82 Å². The SMILES string of the molecule is C=CCC(C)(C)c1ccc(F)cc1C1CC1. The van der Waals surface area contributed by atoms with Crippen LogP contribution in [-0.4, -0.2) is 0 Å². The number of halogens is 1. The zero-order valence-corrected chi connectivity index (χ0v) is 10.1. The molecule has 1 saturated carbocycles. The lowest BCUT2D eigenvalue weighted by Crippen LogP contribution is -2.18. The van der Waals surface area contributed by atoms with E-state index in [-0.39, 0.29) is 11.2 Å². The van der Waals surface area contributed by atoms with Crippen molar-refractivity contribution in [1.29, 1.82) is 0 Å². The Morgan fingerprint density at radius 1 is 1.44 bits per heavy atom. The third kappa shape index (κ3) is 2.18. The van der Waals surface area contributed by atoms with Gasteiger partial charge in [0, 0.05) is 0 Å². The first-order valence-corrected chi connectivity index (χ1v) is 5.95. The molecule has 0 aliphatic heterocycles. The zero-order chi connectivity index (χ0) is 11.8. The van der Waals surface area contributed by atoms with Crippen LogP contribution in [0.15, 0.2) is 30.9 Å². The minimum Gasteiger partial charge on any atom is -0.207 e. The maximum absolute atomic E-state index is 13.3. The van der Waals surface area contributed by atoms with E-state index in [0.29, 0.717) is 5.92 Å². The van der Waals surface area contributed by atoms with Gasteiger partial charge in [-0.05, 0) is 53.9 Å². The predicted molar refractivity (Wildman–Crippen MR) is 66.2 cm³/mol. The molecule has 1 aliphatic carbocycles. The van der Waals surface area contributed by atoms with Gasteiger partial charge in [0.1, 0.15) is 5.82 Å². The molecule has 0 amide bonds. The monoisotopic (exact) mass is 218 g/mol. The summed E-state index contributed by atoms with van der Waals surface area (Å²) in [7, 11) is 0. The highest BCUT2D eigenvalue weighted by molar-refractivity contribution is 5.39. The topological polar surface area (TPSA) is 0 Å². The van der Waals surface area contributed by atoms with E-state index < -0.39 is 0 Å². The number of benzene rings is 1. The lowest BCUT2D eigenvalue weighted by molar-refractivity contribution is 0.525. The third-order valence-electron chi connectivity index (χ3n) is 3.41. The average Bonchev–Trinajstić information content (AvgIpc) is 2.99. The second kappa shape index (κ2) is 4.04. The first-order chi connectivity index (χ1) is 7.54. The summed E-state index contributed by atoms with van der Waals surface area (Å²) in [5.74, 6) is 0.481. The van der Waals surface area contributed by atoms with Crippen LogP contribution in [0.1, 0.15) is 50.2 Å². The predicted octanol–water partition coefficient (Wildman–Crippen LogP) is 4.56. The van der Waals surface area contributed by atoms with Gasteiger partial charge in [0.2, 0.25) is 0 Å². The molecule has 1 fully saturated rings. The highest BCUT2D eigenvalue weighted by atomic mass is 19.1. The Morgan fingerprint density at radius 2 is 2.12 bits per heavy atom. The van der Waals surface area contributed by atoms with E-state index in [4.69, 9.17) is 0 Å². The molecule has 86 valence electrons. The van der Waals surface area contributed by atoms with E-state index in [9.17, 15) is 4.39 Å². The van der Waals surface area contributed by atoms with Gasteiger partial charge in [-0.3, -0.25) is 0 Å². The van der Waals surface area contributed by atoms with Gasteiger partial charge in [-0.25, -0.2) is 4.39 Å². The van der Waals surface area contributed by atoms with E-state index >= 15 is 0 Å². The Kier molecular flexibility index (Phi) is 2.88. The quantitative estimate of drug-likeness (QED) is 0.650. The molecule has 0 nitrogen and oxygen atoms in total. The summed E-state index contributed by atoms with van der Waals surface area (Å²) in [6.07, 6.45) is 5.29. The second-order valence-corrected chi connectivity index (χ2v) is 5.38. The molecule has 0 unspecified atom stereocenters. The van der Waals surface area contributed by atoms with Crippen molar-refractivity contribution in [2.45, 2.75) is 44.4 Å². The second-order valence-electron chi connectivity index (χ2n) is 5.38. The van der Waals surface area contributed by atoms with Crippen molar-refractivity contribution < 1.29 is 4.39 Å². The van der Waals surface area contributed by atoms with E-state index in [1.165, 1.54) is 24.0 Å². The molecule has 1 aliphatic rings. The molecule has 0 atom stereocenters. The van der Waals surface area contributed by atoms with Crippen LogP contribution in [0.5, 0.6) is 0 Å². The largest absolute Gasteiger partial charge is 0.207 e. The third-order valence-corrected chi connectivity index (χ3v) is 3.41. The van der Waals surface area contributed by atoms with Gasteiger partial charge >= 0.3 is 0 Å². The highest BCUT2D eigenvalue weighted by Gasteiger charge is 2.31. The van der Waals surface area contributed by atoms with Crippen LogP contribution < -0.4 is 0 Å². The van der Waals surface area contributed by atoms with Gasteiger partial charge in [0.05, 0.1) is 0 Å². The zero-order valence-electron chi connectivity index (χ0n) is 10.1. The molecule has 1 aromatic carbocycles. The Hall–Kier alpha value is -1.11. The smallest absolute Gasteiger partial charge is 0.123 e. The number of allylic oxidation sites excluding steroid dienone is 1. The van der Waals surface area contributed by atoms with Gasteiger partial charge in [-0.15, -0.1) is 6.58 Å². The van der Waals surface area contributed by atoms with Crippen molar-refractivity contribution in [3.8, 4) is 0 Å². The standard InChI is InChI=1S/C15H19F/c1-4-9-15(2,3)14-8-7-12(16)10-13(14)11-5-6-11/h4,7-8,10-11H,1,5-6,9H2,2-3H3. The molecular formula is C15H19F. The summed E-state index contributed by atoms with van der Waals surface area (Å²) >= 11 is 0. The minimum atomic E-state index is -0.111. The van der Waals surface area contributed by atoms with Crippen LogP contribution in [0.4, 0.5) is 4.39 Å². The van der Waals surface area contributed by atoms with Crippen LogP contribution in [0.3, 0.4) is 0 Å². The summed E-state index contributed by atoms with van der Waals surface area (Å²) < 4.78 is 13.3. The van der Waals surface area contributed by atoms with Gasteiger partial charge in [0.25, 0.3) is 0 Å². The molecule has 0 radical (unpaired) electrons. The molecule has 0 N–H and O–H groups in total. The van der Waals surface area contributed by atoms with Crippen molar-refractivity contribution in [3.63, 3.8) is 0 Å². The maximum atomic E-state index is 13.3. The molecule has 0 spiro atoms. The molecule has 16 heavy (non-hydrogen) atoms. The van der Waals surface area contributed by atoms with Crippen LogP contribution in [0.25, 0.3) is 0 Å². The Morgan fingerprint density at radius 3 is 2.69 bits per heavy atom. The fraction of sp³-hybridized carbons (Fsp3) is 0.467. The Labute approximate surface area is 97.2 Å². The molecule has 2 rings (SSSR count). The molecule has 1 aromatic rings. The fourth-order valence-corrected chi connectivity index (χ4v) is 2.35. The lowest BCUT2D eigenvalue weighted by Gasteiger charge is -2.26. The molecular weight excluding hydrogens is 199 g/mol. The summed E-state index contributed by atoms with van der Waals surface area (Å²) in [6, 6.07) is 5.25. The van der Waals surface area contributed by atoms with E-state index in [1.54, 1.807) is 12.1 Å². The van der Waals surface area contributed by atoms with E-state index in [0.717, 1.165) is 6.42 Å². The average molecular weight is 218 g/mol. The first kappa shape index (κ1) is 11.4. The van der Waals surface area contributed by atoms with Crippen molar-refractivity contribution in [2.24, 2.45) is 0 Å². The Bertz CT molecular complexity index is 400. The molecule has 0 heterocycles. The van der Waals surface area contributed by atoms with Crippen LogP contribution in [0.2, 0.25) is 0 Å².